The lowest BCUT2D eigenvalue weighted by atomic mass is 10.1. The van der Waals surface area contributed by atoms with Crippen LogP contribution in [0.15, 0.2) is 47.4 Å². The molecule has 2 aromatic rings. The highest BCUT2D eigenvalue weighted by atomic mass is 32.2. The van der Waals surface area contributed by atoms with E-state index >= 15 is 0 Å². The molecule has 7 heteroatoms. The number of likely N-dealkylation sites (N-methyl/N-ethyl adjacent to an activating group) is 1. The van der Waals surface area contributed by atoms with Crippen LogP contribution in [-0.4, -0.2) is 56.8 Å². The maximum absolute atomic E-state index is 13.1. The molecule has 0 saturated carbocycles. The van der Waals surface area contributed by atoms with Crippen molar-refractivity contribution in [2.75, 3.05) is 33.2 Å². The number of benzene rings is 2. The second kappa shape index (κ2) is 8.65. The van der Waals surface area contributed by atoms with Crippen molar-refractivity contribution in [1.29, 1.82) is 0 Å². The largest absolute Gasteiger partial charge is 0.346 e. The molecule has 1 aliphatic heterocycles. The lowest BCUT2D eigenvalue weighted by Crippen LogP contribution is -2.47. The second-order valence-corrected chi connectivity index (χ2v) is 9.70. The zero-order chi connectivity index (χ0) is 21.2. The topological polar surface area (TPSA) is 69.7 Å². The summed E-state index contributed by atoms with van der Waals surface area (Å²) in [5.41, 5.74) is 3.15. The van der Waals surface area contributed by atoms with E-state index in [4.69, 9.17) is 0 Å². The molecule has 0 radical (unpaired) electrons. The molecule has 2 aromatic carbocycles. The highest BCUT2D eigenvalue weighted by Gasteiger charge is 2.29. The fraction of sp³-hybridized carbons (Fsp3) is 0.409. The SMILES string of the molecule is Cc1ccc([C@@H](C)NC(=O)c2ccc(C)c(S(=O)(=O)N3CCN(C)CC3)c2)cc1. The smallest absolute Gasteiger partial charge is 0.251 e. The summed E-state index contributed by atoms with van der Waals surface area (Å²) < 4.78 is 27.8. The molecule has 1 amide bonds. The van der Waals surface area contributed by atoms with Crippen LogP contribution in [0.1, 0.15) is 40.0 Å². The minimum Gasteiger partial charge on any atom is -0.346 e. The molecule has 1 saturated heterocycles. The number of aryl methyl sites for hydroxylation is 2. The van der Waals surface area contributed by atoms with E-state index in [0.29, 0.717) is 37.3 Å². The third kappa shape index (κ3) is 4.86. The summed E-state index contributed by atoms with van der Waals surface area (Å²) in [7, 11) is -1.65. The Bertz CT molecular complexity index is 979. The van der Waals surface area contributed by atoms with Crippen LogP contribution in [0.4, 0.5) is 0 Å². The summed E-state index contributed by atoms with van der Waals surface area (Å²) in [4.78, 5) is 15.1. The highest BCUT2D eigenvalue weighted by Crippen LogP contribution is 2.23. The van der Waals surface area contributed by atoms with Crippen molar-refractivity contribution in [1.82, 2.24) is 14.5 Å². The van der Waals surface area contributed by atoms with E-state index in [-0.39, 0.29) is 16.8 Å². The van der Waals surface area contributed by atoms with Crippen molar-refractivity contribution in [3.8, 4) is 0 Å². The van der Waals surface area contributed by atoms with Crippen LogP contribution in [-0.2, 0) is 10.0 Å². The molecule has 1 heterocycles. The predicted molar refractivity (Wildman–Crippen MR) is 114 cm³/mol. The normalized spacial score (nSPS) is 17.1. The number of sulfonamides is 1. The molecule has 6 nitrogen and oxygen atoms in total. The Kier molecular flexibility index (Phi) is 6.41. The van der Waals surface area contributed by atoms with E-state index in [1.54, 1.807) is 19.1 Å². The Morgan fingerprint density at radius 2 is 1.62 bits per heavy atom. The van der Waals surface area contributed by atoms with E-state index in [1.807, 2.05) is 45.2 Å². The molecule has 156 valence electrons. The molecule has 1 fully saturated rings. The Balaban J connectivity index is 1.80. The van der Waals surface area contributed by atoms with Gasteiger partial charge in [0.15, 0.2) is 0 Å². The second-order valence-electron chi connectivity index (χ2n) is 7.79. The standard InChI is InChI=1S/C22H29N3O3S/c1-16-5-8-19(9-6-16)18(3)23-22(26)20-10-7-17(2)21(15-20)29(27,28)25-13-11-24(4)12-14-25/h5-10,15,18H,11-14H2,1-4H3,(H,23,26)/t18-/m1/s1. The number of nitrogens with zero attached hydrogens (tertiary/aromatic N) is 2. The van der Waals surface area contributed by atoms with Crippen LogP contribution in [0, 0.1) is 13.8 Å². The molecule has 3 rings (SSSR count). The zero-order valence-electron chi connectivity index (χ0n) is 17.5. The molecule has 0 unspecified atom stereocenters. The average molecular weight is 416 g/mol. The third-order valence-corrected chi connectivity index (χ3v) is 7.50. The molecule has 0 aliphatic carbocycles. The van der Waals surface area contributed by atoms with Gasteiger partial charge in [-0.25, -0.2) is 8.42 Å². The molecular weight excluding hydrogens is 386 g/mol. The van der Waals surface area contributed by atoms with E-state index in [0.717, 1.165) is 11.1 Å². The van der Waals surface area contributed by atoms with Crippen LogP contribution in [0.3, 0.4) is 0 Å². The fourth-order valence-electron chi connectivity index (χ4n) is 3.41. The van der Waals surface area contributed by atoms with Gasteiger partial charge in [-0.05, 0) is 51.1 Å². The maximum atomic E-state index is 13.1. The highest BCUT2D eigenvalue weighted by molar-refractivity contribution is 7.89. The van der Waals surface area contributed by atoms with Crippen LogP contribution >= 0.6 is 0 Å². The van der Waals surface area contributed by atoms with Crippen LogP contribution in [0.2, 0.25) is 0 Å². The van der Waals surface area contributed by atoms with E-state index in [9.17, 15) is 13.2 Å². The van der Waals surface area contributed by atoms with Crippen molar-refractivity contribution in [2.24, 2.45) is 0 Å². The third-order valence-electron chi connectivity index (χ3n) is 5.46. The molecule has 1 atom stereocenters. The summed E-state index contributed by atoms with van der Waals surface area (Å²) in [6.07, 6.45) is 0. The Morgan fingerprint density at radius 3 is 2.24 bits per heavy atom. The van der Waals surface area contributed by atoms with Crippen LogP contribution in [0.25, 0.3) is 0 Å². The lowest BCUT2D eigenvalue weighted by molar-refractivity contribution is 0.0939. The first-order chi connectivity index (χ1) is 13.7. The van der Waals surface area contributed by atoms with Gasteiger partial charge < -0.3 is 10.2 Å². The Morgan fingerprint density at radius 1 is 1.00 bits per heavy atom. The van der Waals surface area contributed by atoms with E-state index in [1.165, 1.54) is 10.4 Å². The maximum Gasteiger partial charge on any atom is 0.251 e. The average Bonchev–Trinajstić information content (AvgIpc) is 2.69. The number of carbonyl (C=O) groups excluding carboxylic acids is 1. The molecular formula is C22H29N3O3S. The number of hydrogen-bond acceptors (Lipinski definition) is 4. The van der Waals surface area contributed by atoms with Crippen molar-refractivity contribution >= 4 is 15.9 Å². The van der Waals surface area contributed by atoms with Gasteiger partial charge in [-0.3, -0.25) is 4.79 Å². The minimum atomic E-state index is -3.63. The van der Waals surface area contributed by atoms with Gasteiger partial charge in [-0.1, -0.05) is 35.9 Å². The van der Waals surface area contributed by atoms with Gasteiger partial charge in [0.2, 0.25) is 10.0 Å². The number of carbonyl (C=O) groups is 1. The van der Waals surface area contributed by atoms with Crippen molar-refractivity contribution < 1.29 is 13.2 Å². The Hall–Kier alpha value is -2.22. The summed E-state index contributed by atoms with van der Waals surface area (Å²) >= 11 is 0. The van der Waals surface area contributed by atoms with Crippen molar-refractivity contribution in [3.05, 3.63) is 64.7 Å². The van der Waals surface area contributed by atoms with Gasteiger partial charge in [-0.2, -0.15) is 4.31 Å². The van der Waals surface area contributed by atoms with Gasteiger partial charge in [0, 0.05) is 31.7 Å². The lowest BCUT2D eigenvalue weighted by Gasteiger charge is -2.32. The quantitative estimate of drug-likeness (QED) is 0.815. The summed E-state index contributed by atoms with van der Waals surface area (Å²) in [5.74, 6) is -0.284. The van der Waals surface area contributed by atoms with Gasteiger partial charge in [0.25, 0.3) is 5.91 Å². The summed E-state index contributed by atoms with van der Waals surface area (Å²) in [6.45, 7) is 8.01. The molecule has 0 aromatic heterocycles. The van der Waals surface area contributed by atoms with Gasteiger partial charge in [-0.15, -0.1) is 0 Å². The monoisotopic (exact) mass is 415 g/mol. The first-order valence-corrected chi connectivity index (χ1v) is 11.3. The number of amides is 1. The molecule has 29 heavy (non-hydrogen) atoms. The predicted octanol–water partition coefficient (Wildman–Crippen LogP) is 2.73. The summed E-state index contributed by atoms with van der Waals surface area (Å²) in [6, 6.07) is 12.7. The van der Waals surface area contributed by atoms with Gasteiger partial charge in [0.05, 0.1) is 10.9 Å². The Labute approximate surface area is 173 Å². The van der Waals surface area contributed by atoms with E-state index < -0.39 is 10.0 Å². The number of hydrogen-bond donors (Lipinski definition) is 1. The van der Waals surface area contributed by atoms with Gasteiger partial charge in [0.1, 0.15) is 0 Å². The molecule has 1 N–H and O–H groups in total. The number of piperazine rings is 1. The molecule has 0 bridgehead atoms. The van der Waals surface area contributed by atoms with Crippen molar-refractivity contribution in [2.45, 2.75) is 31.7 Å². The van der Waals surface area contributed by atoms with Crippen molar-refractivity contribution in [3.63, 3.8) is 0 Å². The van der Waals surface area contributed by atoms with Crippen LogP contribution in [0.5, 0.6) is 0 Å². The van der Waals surface area contributed by atoms with Gasteiger partial charge >= 0.3 is 0 Å². The first-order valence-electron chi connectivity index (χ1n) is 9.85. The fourth-order valence-corrected chi connectivity index (χ4v) is 5.08. The molecule has 0 spiro atoms. The summed E-state index contributed by atoms with van der Waals surface area (Å²) in [5, 5.41) is 2.96. The van der Waals surface area contributed by atoms with E-state index in [2.05, 4.69) is 10.2 Å². The number of nitrogens with one attached hydrogen (secondary N) is 1. The first kappa shape index (κ1) is 21.5. The zero-order valence-corrected chi connectivity index (χ0v) is 18.3. The minimum absolute atomic E-state index is 0.179. The molecule has 1 aliphatic rings. The van der Waals surface area contributed by atoms with Crippen LogP contribution < -0.4 is 5.32 Å². The number of rotatable bonds is 5.